The molecule has 0 spiro atoms. The van der Waals surface area contributed by atoms with Crippen molar-refractivity contribution in [3.05, 3.63) is 46.6 Å². The van der Waals surface area contributed by atoms with Crippen LogP contribution in [0, 0.1) is 0 Å². The molecule has 76 valence electrons. The van der Waals surface area contributed by atoms with Gasteiger partial charge in [0.15, 0.2) is 0 Å². The number of pyridine rings is 1. The summed E-state index contributed by atoms with van der Waals surface area (Å²) in [5, 5.41) is 8.74. The van der Waals surface area contributed by atoms with Crippen LogP contribution in [0.2, 0.25) is 0 Å². The zero-order chi connectivity index (χ0) is 10.7. The first-order valence-electron chi connectivity index (χ1n) is 4.25. The second kappa shape index (κ2) is 3.79. The van der Waals surface area contributed by atoms with E-state index in [2.05, 4.69) is 20.5 Å². The fourth-order valence-corrected chi connectivity index (χ4v) is 1.12. The van der Waals surface area contributed by atoms with Crippen LogP contribution in [0.4, 0.5) is 5.69 Å². The maximum atomic E-state index is 11.6. The van der Waals surface area contributed by atoms with Crippen molar-refractivity contribution in [1.29, 1.82) is 0 Å². The number of anilines is 1. The van der Waals surface area contributed by atoms with E-state index >= 15 is 0 Å². The predicted molar refractivity (Wildman–Crippen MR) is 53.6 cm³/mol. The van der Waals surface area contributed by atoms with Gasteiger partial charge in [0.1, 0.15) is 5.56 Å². The second-order valence-electron chi connectivity index (χ2n) is 2.85. The molecule has 0 saturated heterocycles. The molecular weight excluding hydrogens is 196 g/mol. The van der Waals surface area contributed by atoms with Crippen molar-refractivity contribution in [3.63, 3.8) is 0 Å². The van der Waals surface area contributed by atoms with Gasteiger partial charge in [0.25, 0.3) is 11.5 Å². The van der Waals surface area contributed by atoms with Gasteiger partial charge < -0.3 is 10.3 Å². The molecule has 0 fully saturated rings. The van der Waals surface area contributed by atoms with Gasteiger partial charge in [-0.15, -0.1) is 0 Å². The predicted octanol–water partition coefficient (Wildman–Crippen LogP) is 0.350. The third kappa shape index (κ3) is 1.93. The van der Waals surface area contributed by atoms with Crippen LogP contribution in [0.3, 0.4) is 0 Å². The Morgan fingerprint density at radius 3 is 3.00 bits per heavy atom. The van der Waals surface area contributed by atoms with E-state index in [9.17, 15) is 9.59 Å². The normalized spacial score (nSPS) is 9.87. The molecule has 15 heavy (non-hydrogen) atoms. The van der Waals surface area contributed by atoms with Gasteiger partial charge in [-0.05, 0) is 12.1 Å². The lowest BCUT2D eigenvalue weighted by Crippen LogP contribution is -2.22. The third-order valence-electron chi connectivity index (χ3n) is 1.82. The topological polar surface area (TPSA) is 90.6 Å². The van der Waals surface area contributed by atoms with E-state index in [-0.39, 0.29) is 5.56 Å². The number of hydrogen-bond acceptors (Lipinski definition) is 3. The van der Waals surface area contributed by atoms with Gasteiger partial charge >= 0.3 is 0 Å². The number of amides is 1. The quantitative estimate of drug-likeness (QED) is 0.659. The van der Waals surface area contributed by atoms with E-state index in [0.717, 1.165) is 0 Å². The molecule has 2 aromatic rings. The summed E-state index contributed by atoms with van der Waals surface area (Å²) < 4.78 is 0. The summed E-state index contributed by atoms with van der Waals surface area (Å²) in [6, 6.07) is 3.04. The fourth-order valence-electron chi connectivity index (χ4n) is 1.12. The van der Waals surface area contributed by atoms with Crippen LogP contribution in [-0.4, -0.2) is 21.1 Å². The molecule has 6 nitrogen and oxygen atoms in total. The van der Waals surface area contributed by atoms with Gasteiger partial charge in [-0.1, -0.05) is 0 Å². The smallest absolute Gasteiger partial charge is 0.261 e. The third-order valence-corrected chi connectivity index (χ3v) is 1.82. The number of rotatable bonds is 2. The summed E-state index contributed by atoms with van der Waals surface area (Å²) in [5.74, 6) is -0.460. The molecule has 2 heterocycles. The summed E-state index contributed by atoms with van der Waals surface area (Å²) in [6.45, 7) is 0. The molecular formula is C9H8N4O2. The monoisotopic (exact) mass is 204 g/mol. The van der Waals surface area contributed by atoms with Crippen molar-refractivity contribution in [1.82, 2.24) is 15.2 Å². The molecule has 0 bridgehead atoms. The molecule has 0 aromatic carbocycles. The Labute approximate surface area is 84.3 Å². The van der Waals surface area contributed by atoms with Crippen LogP contribution in [0.25, 0.3) is 0 Å². The highest BCUT2D eigenvalue weighted by molar-refractivity contribution is 6.03. The van der Waals surface area contributed by atoms with Crippen LogP contribution in [-0.2, 0) is 0 Å². The molecule has 2 rings (SSSR count). The Kier molecular flexibility index (Phi) is 2.32. The molecule has 0 aliphatic carbocycles. The van der Waals surface area contributed by atoms with E-state index in [1.807, 2.05) is 0 Å². The number of nitrogens with one attached hydrogen (secondary N) is 3. The highest BCUT2D eigenvalue weighted by Gasteiger charge is 2.09. The molecule has 3 N–H and O–H groups in total. The average Bonchev–Trinajstić information content (AvgIpc) is 2.71. The first-order chi connectivity index (χ1) is 7.27. The molecule has 0 radical (unpaired) electrons. The number of H-pyrrole nitrogens is 2. The molecule has 1 amide bonds. The minimum atomic E-state index is -0.460. The van der Waals surface area contributed by atoms with Crippen molar-refractivity contribution < 1.29 is 4.79 Å². The number of nitrogens with zero attached hydrogens (tertiary/aromatic N) is 1. The summed E-state index contributed by atoms with van der Waals surface area (Å²) >= 11 is 0. The molecule has 0 atom stereocenters. The van der Waals surface area contributed by atoms with Gasteiger partial charge in [0.2, 0.25) is 0 Å². The Bertz CT molecular complexity index is 515. The van der Waals surface area contributed by atoms with Crippen LogP contribution in [0.1, 0.15) is 10.4 Å². The molecule has 0 unspecified atom stereocenters. The Balaban J connectivity index is 2.23. The van der Waals surface area contributed by atoms with Crippen molar-refractivity contribution in [3.8, 4) is 0 Å². The van der Waals surface area contributed by atoms with Gasteiger partial charge in [-0.3, -0.25) is 14.7 Å². The van der Waals surface area contributed by atoms with Crippen molar-refractivity contribution in [2.45, 2.75) is 0 Å². The maximum absolute atomic E-state index is 11.6. The molecule has 0 aliphatic rings. The SMILES string of the molecule is O=C(Nc1cn[nH]c1)c1ccc[nH]c1=O. The van der Waals surface area contributed by atoms with Crippen molar-refractivity contribution in [2.24, 2.45) is 0 Å². The summed E-state index contributed by atoms with van der Waals surface area (Å²) in [5.41, 5.74) is 0.167. The first kappa shape index (κ1) is 9.20. The highest BCUT2D eigenvalue weighted by Crippen LogP contribution is 2.02. The lowest BCUT2D eigenvalue weighted by Gasteiger charge is -1.99. The Hall–Kier alpha value is -2.37. The molecule has 0 aliphatic heterocycles. The van der Waals surface area contributed by atoms with E-state index in [0.29, 0.717) is 5.69 Å². The van der Waals surface area contributed by atoms with E-state index in [1.54, 1.807) is 6.07 Å². The van der Waals surface area contributed by atoms with Crippen LogP contribution < -0.4 is 10.9 Å². The second-order valence-corrected chi connectivity index (χ2v) is 2.85. The fraction of sp³-hybridized carbons (Fsp3) is 0. The maximum Gasteiger partial charge on any atom is 0.261 e. The van der Waals surface area contributed by atoms with Crippen LogP contribution >= 0.6 is 0 Å². The number of aromatic nitrogens is 3. The van der Waals surface area contributed by atoms with Gasteiger partial charge in [-0.2, -0.15) is 5.10 Å². The number of hydrogen-bond donors (Lipinski definition) is 3. The zero-order valence-corrected chi connectivity index (χ0v) is 7.65. The van der Waals surface area contributed by atoms with Gasteiger partial charge in [-0.25, -0.2) is 0 Å². The van der Waals surface area contributed by atoms with Crippen LogP contribution in [0.15, 0.2) is 35.5 Å². The summed E-state index contributed by atoms with van der Waals surface area (Å²) in [4.78, 5) is 25.2. The lowest BCUT2D eigenvalue weighted by atomic mass is 10.2. The lowest BCUT2D eigenvalue weighted by molar-refractivity contribution is 0.102. The van der Waals surface area contributed by atoms with Gasteiger partial charge in [0, 0.05) is 12.4 Å². The summed E-state index contributed by atoms with van der Waals surface area (Å²) in [6.07, 6.45) is 4.45. The first-order valence-corrected chi connectivity index (χ1v) is 4.25. The number of aromatic amines is 2. The van der Waals surface area contributed by atoms with Crippen molar-refractivity contribution >= 4 is 11.6 Å². The zero-order valence-electron chi connectivity index (χ0n) is 7.65. The van der Waals surface area contributed by atoms with E-state index in [4.69, 9.17) is 0 Å². The number of carbonyl (C=O) groups excluding carboxylic acids is 1. The Morgan fingerprint density at radius 2 is 2.33 bits per heavy atom. The average molecular weight is 204 g/mol. The van der Waals surface area contributed by atoms with E-state index < -0.39 is 11.5 Å². The molecule has 0 saturated carbocycles. The summed E-state index contributed by atoms with van der Waals surface area (Å²) in [7, 11) is 0. The minimum Gasteiger partial charge on any atom is -0.328 e. The van der Waals surface area contributed by atoms with Gasteiger partial charge in [0.05, 0.1) is 11.9 Å². The van der Waals surface area contributed by atoms with E-state index in [1.165, 1.54) is 24.7 Å². The highest BCUT2D eigenvalue weighted by atomic mass is 16.2. The van der Waals surface area contributed by atoms with Crippen LogP contribution in [0.5, 0.6) is 0 Å². The number of carbonyl (C=O) groups is 1. The molecule has 6 heteroatoms. The largest absolute Gasteiger partial charge is 0.328 e. The molecule has 2 aromatic heterocycles. The minimum absolute atomic E-state index is 0.0682. The Morgan fingerprint density at radius 1 is 1.47 bits per heavy atom. The van der Waals surface area contributed by atoms with Crippen molar-refractivity contribution in [2.75, 3.05) is 5.32 Å². The standard InChI is InChI=1S/C9H8N4O2/c14-8-7(2-1-3-10-8)9(15)13-6-4-11-12-5-6/h1-5H,(H,10,14)(H,11,12)(H,13,15).